The predicted molar refractivity (Wildman–Crippen MR) is 129 cm³/mol. The molecule has 2 aliphatic carbocycles. The van der Waals surface area contributed by atoms with Crippen LogP contribution in [0.4, 0.5) is 0 Å². The summed E-state index contributed by atoms with van der Waals surface area (Å²) in [6.07, 6.45) is 4.86. The highest BCUT2D eigenvalue weighted by Crippen LogP contribution is 2.50. The molecule has 3 aromatic rings. The molecule has 5 nitrogen and oxygen atoms in total. The number of carbonyl (C=O) groups excluding carboxylic acids is 1. The van der Waals surface area contributed by atoms with E-state index >= 15 is 0 Å². The molecule has 0 radical (unpaired) electrons. The first kappa shape index (κ1) is 22.0. The standard InChI is InChI=1S/C27H30ClN3O2/c1-19-23(28)31(18-20-12-13-20)25(30-19)27(33-22-10-6-3-7-11-22)16-14-26(15-17-27,24(29)32)21-8-4-2-5-9-21/h2-11,20H,12-18H2,1H3,(H2,29,32). The molecule has 2 N–H and O–H groups in total. The quantitative estimate of drug-likeness (QED) is 0.501. The van der Waals surface area contributed by atoms with E-state index in [0.717, 1.165) is 29.4 Å². The largest absolute Gasteiger partial charge is 0.479 e. The summed E-state index contributed by atoms with van der Waals surface area (Å²) >= 11 is 6.74. The fourth-order valence-electron chi connectivity index (χ4n) is 5.23. The van der Waals surface area contributed by atoms with Gasteiger partial charge in [-0.1, -0.05) is 60.1 Å². The third kappa shape index (κ3) is 4.04. The minimum Gasteiger partial charge on any atom is -0.479 e. The lowest BCUT2D eigenvalue weighted by atomic mass is 9.64. The van der Waals surface area contributed by atoms with Crippen LogP contribution < -0.4 is 10.5 Å². The van der Waals surface area contributed by atoms with Gasteiger partial charge in [0.2, 0.25) is 5.91 Å². The van der Waals surface area contributed by atoms with Crippen molar-refractivity contribution in [2.75, 3.05) is 0 Å². The maximum atomic E-state index is 12.8. The number of aromatic nitrogens is 2. The van der Waals surface area contributed by atoms with Gasteiger partial charge in [0.25, 0.3) is 0 Å². The lowest BCUT2D eigenvalue weighted by Crippen LogP contribution is -2.50. The van der Waals surface area contributed by atoms with Gasteiger partial charge < -0.3 is 15.0 Å². The number of rotatable bonds is 7. The molecule has 2 aromatic carbocycles. The van der Waals surface area contributed by atoms with E-state index in [-0.39, 0.29) is 5.91 Å². The van der Waals surface area contributed by atoms with Gasteiger partial charge >= 0.3 is 0 Å². The van der Waals surface area contributed by atoms with Crippen LogP contribution in [0.25, 0.3) is 0 Å². The molecule has 1 heterocycles. The Kier molecular flexibility index (Phi) is 5.69. The molecule has 1 aromatic heterocycles. The van der Waals surface area contributed by atoms with Gasteiger partial charge in [-0.25, -0.2) is 4.98 Å². The summed E-state index contributed by atoms with van der Waals surface area (Å²) in [7, 11) is 0. The van der Waals surface area contributed by atoms with Crippen LogP contribution in [0, 0.1) is 12.8 Å². The number of nitrogens with zero attached hydrogens (tertiary/aromatic N) is 2. The molecule has 0 aliphatic heterocycles. The molecular formula is C27H30ClN3O2. The summed E-state index contributed by atoms with van der Waals surface area (Å²) in [6, 6.07) is 19.8. The van der Waals surface area contributed by atoms with Gasteiger partial charge in [-0.15, -0.1) is 0 Å². The highest BCUT2D eigenvalue weighted by molar-refractivity contribution is 6.30. The fourth-order valence-corrected chi connectivity index (χ4v) is 5.42. The summed E-state index contributed by atoms with van der Waals surface area (Å²) in [6.45, 7) is 2.81. The number of ether oxygens (including phenoxy) is 1. The first-order valence-electron chi connectivity index (χ1n) is 11.8. The number of hydrogen-bond acceptors (Lipinski definition) is 3. The minimum atomic E-state index is -0.711. The highest BCUT2D eigenvalue weighted by atomic mass is 35.5. The summed E-state index contributed by atoms with van der Waals surface area (Å²) in [5, 5.41) is 0.683. The van der Waals surface area contributed by atoms with Crippen LogP contribution in [0.3, 0.4) is 0 Å². The lowest BCUT2D eigenvalue weighted by molar-refractivity contribution is -0.127. The van der Waals surface area contributed by atoms with Crippen molar-refractivity contribution in [2.45, 2.75) is 63.0 Å². The third-order valence-corrected chi connectivity index (χ3v) is 7.85. The minimum absolute atomic E-state index is 0.280. The summed E-state index contributed by atoms with van der Waals surface area (Å²) in [5.74, 6) is 2.02. The van der Waals surface area contributed by atoms with Gasteiger partial charge in [-0.3, -0.25) is 4.79 Å². The zero-order valence-electron chi connectivity index (χ0n) is 19.0. The van der Waals surface area contributed by atoms with E-state index in [1.165, 1.54) is 12.8 Å². The zero-order valence-corrected chi connectivity index (χ0v) is 19.7. The fraction of sp³-hybridized carbons (Fsp3) is 0.407. The van der Waals surface area contributed by atoms with Crippen molar-refractivity contribution in [3.8, 4) is 5.75 Å². The summed E-state index contributed by atoms with van der Waals surface area (Å²) in [4.78, 5) is 17.7. The first-order chi connectivity index (χ1) is 15.9. The molecule has 0 saturated heterocycles. The molecule has 2 aliphatic rings. The van der Waals surface area contributed by atoms with Crippen molar-refractivity contribution in [2.24, 2.45) is 11.7 Å². The van der Waals surface area contributed by atoms with Gasteiger partial charge in [0, 0.05) is 6.54 Å². The van der Waals surface area contributed by atoms with Crippen LogP contribution in [-0.4, -0.2) is 15.5 Å². The topological polar surface area (TPSA) is 70.1 Å². The first-order valence-corrected chi connectivity index (χ1v) is 12.1. The normalized spacial score (nSPS) is 25.0. The highest BCUT2D eigenvalue weighted by Gasteiger charge is 2.51. The Morgan fingerprint density at radius 1 is 1.06 bits per heavy atom. The number of halogens is 1. The van der Waals surface area contributed by atoms with E-state index in [0.29, 0.717) is 36.8 Å². The van der Waals surface area contributed by atoms with E-state index in [1.807, 2.05) is 67.6 Å². The number of nitrogens with two attached hydrogens (primary N) is 1. The Balaban J connectivity index is 1.56. The number of aryl methyl sites for hydroxylation is 1. The second-order valence-electron chi connectivity index (χ2n) is 9.59. The maximum Gasteiger partial charge on any atom is 0.228 e. The van der Waals surface area contributed by atoms with Gasteiger partial charge in [0.15, 0.2) is 11.4 Å². The smallest absolute Gasteiger partial charge is 0.228 e. The van der Waals surface area contributed by atoms with Crippen molar-refractivity contribution in [1.82, 2.24) is 9.55 Å². The van der Waals surface area contributed by atoms with Crippen LogP contribution in [0.1, 0.15) is 55.6 Å². The van der Waals surface area contributed by atoms with Crippen molar-refractivity contribution < 1.29 is 9.53 Å². The molecule has 0 bridgehead atoms. The van der Waals surface area contributed by atoms with Gasteiger partial charge in [-0.05, 0) is 69.1 Å². The molecule has 2 fully saturated rings. The number of imidazole rings is 1. The van der Waals surface area contributed by atoms with E-state index < -0.39 is 11.0 Å². The van der Waals surface area contributed by atoms with Crippen LogP contribution in [0.2, 0.25) is 5.15 Å². The van der Waals surface area contributed by atoms with Crippen molar-refractivity contribution in [3.05, 3.63) is 82.9 Å². The molecule has 33 heavy (non-hydrogen) atoms. The average Bonchev–Trinajstić information content (AvgIpc) is 3.61. The molecule has 172 valence electrons. The summed E-state index contributed by atoms with van der Waals surface area (Å²) < 4.78 is 8.90. The number of para-hydroxylation sites is 1. The Morgan fingerprint density at radius 2 is 1.67 bits per heavy atom. The molecule has 0 spiro atoms. The van der Waals surface area contributed by atoms with Crippen LogP contribution in [-0.2, 0) is 22.4 Å². The van der Waals surface area contributed by atoms with E-state index in [4.69, 9.17) is 27.1 Å². The van der Waals surface area contributed by atoms with Gasteiger partial charge in [-0.2, -0.15) is 0 Å². The third-order valence-electron chi connectivity index (χ3n) is 7.38. The molecule has 0 unspecified atom stereocenters. The van der Waals surface area contributed by atoms with E-state index in [2.05, 4.69) is 4.57 Å². The second kappa shape index (κ2) is 8.53. The number of amides is 1. The lowest BCUT2D eigenvalue weighted by Gasteiger charge is -2.45. The Labute approximate surface area is 199 Å². The van der Waals surface area contributed by atoms with Gasteiger partial charge in [0.05, 0.1) is 11.1 Å². The van der Waals surface area contributed by atoms with Crippen molar-refractivity contribution in [1.29, 1.82) is 0 Å². The molecule has 5 rings (SSSR count). The zero-order chi connectivity index (χ0) is 23.1. The number of carbonyl (C=O) groups is 1. The van der Waals surface area contributed by atoms with Crippen molar-refractivity contribution in [3.63, 3.8) is 0 Å². The number of benzene rings is 2. The molecule has 1 amide bonds. The van der Waals surface area contributed by atoms with Crippen LogP contribution in [0.5, 0.6) is 5.75 Å². The van der Waals surface area contributed by atoms with E-state index in [1.54, 1.807) is 0 Å². The molecule has 2 saturated carbocycles. The number of hydrogen-bond donors (Lipinski definition) is 1. The Hall–Kier alpha value is -2.79. The van der Waals surface area contributed by atoms with E-state index in [9.17, 15) is 4.79 Å². The monoisotopic (exact) mass is 463 g/mol. The van der Waals surface area contributed by atoms with Gasteiger partial charge in [0.1, 0.15) is 10.9 Å². The molecule has 6 heteroatoms. The molecular weight excluding hydrogens is 434 g/mol. The van der Waals surface area contributed by atoms with Crippen molar-refractivity contribution >= 4 is 17.5 Å². The predicted octanol–water partition coefficient (Wildman–Crippen LogP) is 5.53. The number of primary amides is 1. The van der Waals surface area contributed by atoms with Crippen LogP contribution in [0.15, 0.2) is 60.7 Å². The summed E-state index contributed by atoms with van der Waals surface area (Å²) in [5.41, 5.74) is 6.43. The second-order valence-corrected chi connectivity index (χ2v) is 9.95. The average molecular weight is 464 g/mol. The Bertz CT molecular complexity index is 1130. The Morgan fingerprint density at radius 3 is 2.24 bits per heavy atom. The maximum absolute atomic E-state index is 12.8. The SMILES string of the molecule is Cc1nc(C2(Oc3ccccc3)CCC(C(N)=O)(c3ccccc3)CC2)n(CC2CC2)c1Cl. The van der Waals surface area contributed by atoms with Crippen LogP contribution >= 0.6 is 11.6 Å². The molecule has 0 atom stereocenters.